The van der Waals surface area contributed by atoms with Crippen molar-refractivity contribution >= 4 is 46.4 Å². The summed E-state index contributed by atoms with van der Waals surface area (Å²) in [5, 5.41) is 11.1. The van der Waals surface area contributed by atoms with Crippen molar-refractivity contribution in [1.29, 1.82) is 0 Å². The Kier molecular flexibility index (Phi) is 39.8. The largest absolute Gasteiger partial charge is 0.494 e. The third kappa shape index (κ3) is 28.9. The van der Waals surface area contributed by atoms with Crippen LogP contribution in [0.15, 0.2) is 188 Å². The van der Waals surface area contributed by atoms with E-state index >= 15 is 0 Å². The second-order valence-electron chi connectivity index (χ2n) is 34.6. The zero-order valence-electron chi connectivity index (χ0n) is 78.4. The normalized spacial score (nSPS) is 18.2. The number of nitrogens with zero attached hydrogens (tertiary/aromatic N) is 3. The number of methoxy groups -OCH3 is 5. The standard InChI is InChI=1S/C37H48N2O6.C36H46N2O6.C35H43ClN2O5/c1-27-8-6-9-34(42-3)37(27)44-23-5-4-22-43-31-15-12-29(13-16-31)32-18-19-38-25-35(32)45-26-28-10-11-30-14-17-36(40)39(33(30)24-28)20-7-21-41-2;1-26-7-4-8-33(41-3)36(26)43-22-6-21-42-30-14-11-28(12-15-30)31-17-18-37-24-34(31)44-25-27-9-10-29-13-16-35(39)38(32(29)23-27)19-5-20-40-2;1-40-20-6-19-38-32-23-26(9-10-28(32)13-16-35(38)39)25-43-34-24-37-18-17-30(34)27-11-14-29(15-12-27)41-21-4-5-22-42-33-8-3-2-7-31(33)36/h6,8-13,15-16,24,32,35,38H,4-5,7,14,17-23,25-26H2,1-3H3;4,7-12,14-15,23,31,34,37H,5-6,13,16-22,24-25H2,1-3H3;2-3,7-12,14-15,23,30,34,37H,4-6,13,16-22,24-25H2,1H3/t32-,35+;31-,34+;30-,34+/m111/s1. The molecule has 6 atom stereocenters. The van der Waals surface area contributed by atoms with Crippen LogP contribution in [-0.2, 0) is 81.9 Å². The number of nitrogens with one attached hydrogen (secondary N) is 3. The lowest BCUT2D eigenvalue weighted by Crippen LogP contribution is -2.41. The van der Waals surface area contributed by atoms with Crippen molar-refractivity contribution < 1.29 is 80.7 Å². The molecule has 0 spiro atoms. The number of ether oxygens (including phenoxy) is 14. The Morgan fingerprint density at radius 1 is 0.333 bits per heavy atom. The minimum Gasteiger partial charge on any atom is -0.494 e. The molecule has 24 heteroatoms. The fourth-order valence-electron chi connectivity index (χ4n) is 18.1. The number of hydrogen-bond acceptors (Lipinski definition) is 20. The van der Waals surface area contributed by atoms with E-state index < -0.39 is 0 Å². The van der Waals surface area contributed by atoms with Crippen LogP contribution in [0, 0.1) is 13.8 Å². The number of benzene rings is 9. The highest BCUT2D eigenvalue weighted by Crippen LogP contribution is 2.40. The summed E-state index contributed by atoms with van der Waals surface area (Å²) in [7, 11) is 8.41. The predicted octanol–water partition coefficient (Wildman–Crippen LogP) is 18.6. The number of rotatable bonds is 46. The summed E-state index contributed by atoms with van der Waals surface area (Å²) in [5.74, 6) is 7.94. The zero-order valence-corrected chi connectivity index (χ0v) is 79.1. The Bertz CT molecular complexity index is 5040. The number of carbonyl (C=O) groups is 3. The van der Waals surface area contributed by atoms with Gasteiger partial charge in [0.05, 0.1) is 97.0 Å². The number of aryl methyl sites for hydroxylation is 5. The highest BCUT2D eigenvalue weighted by atomic mass is 35.5. The third-order valence-electron chi connectivity index (χ3n) is 25.4. The molecule has 6 aliphatic rings. The van der Waals surface area contributed by atoms with Crippen LogP contribution < -0.4 is 68.5 Å². The van der Waals surface area contributed by atoms with Crippen molar-refractivity contribution in [3.8, 4) is 46.0 Å². The van der Waals surface area contributed by atoms with Gasteiger partial charge in [-0.2, -0.15) is 0 Å². The van der Waals surface area contributed by atoms with Crippen LogP contribution >= 0.6 is 11.6 Å². The molecule has 708 valence electrons. The number of anilines is 3. The number of halogens is 1. The first-order chi connectivity index (χ1) is 64.8. The van der Waals surface area contributed by atoms with Crippen LogP contribution in [-0.4, -0.2) is 190 Å². The minimum atomic E-state index is 0.0570. The Hall–Kier alpha value is -10.3. The molecule has 6 aliphatic heterocycles. The van der Waals surface area contributed by atoms with Gasteiger partial charge in [0.25, 0.3) is 0 Å². The molecule has 3 saturated heterocycles. The summed E-state index contributed by atoms with van der Waals surface area (Å²) in [6, 6.07) is 64.1. The lowest BCUT2D eigenvalue weighted by molar-refractivity contribution is -0.119. The molecule has 23 nitrogen and oxygen atoms in total. The van der Waals surface area contributed by atoms with E-state index in [9.17, 15) is 14.4 Å². The second kappa shape index (κ2) is 53.0. The molecule has 0 aliphatic carbocycles. The average molecular weight is 1830 g/mol. The SMILES string of the molecule is COCCCN1C(=O)CCc2ccc(CO[C@H]3CNCC[C@@H]3c3ccc(OCCCCOc4c(C)cccc4OC)cc3)cc21.COCCCN1C(=O)CCc2ccc(CO[C@H]3CNCC[C@@H]3c3ccc(OCCCCOc4ccccc4Cl)cc3)cc21.COCCCN1C(=O)CCc2ccc(CO[C@H]3CNCC[C@@H]3c3ccc(OCCCOc4c(C)cccc4OC)cc3)cc21. The molecule has 0 unspecified atom stereocenters. The second-order valence-corrected chi connectivity index (χ2v) is 35.0. The van der Waals surface area contributed by atoms with Gasteiger partial charge in [-0.3, -0.25) is 14.4 Å². The van der Waals surface area contributed by atoms with Gasteiger partial charge in [0, 0.05) is 141 Å². The van der Waals surface area contributed by atoms with Crippen molar-refractivity contribution in [2.45, 2.75) is 179 Å². The first kappa shape index (κ1) is 99.2. The number of amides is 3. The highest BCUT2D eigenvalue weighted by molar-refractivity contribution is 6.32. The lowest BCUT2D eigenvalue weighted by atomic mass is 9.87. The number of fused-ring (bicyclic) bond motifs is 3. The summed E-state index contributed by atoms with van der Waals surface area (Å²) < 4.78 is 81.8. The Morgan fingerprint density at radius 3 is 1.01 bits per heavy atom. The summed E-state index contributed by atoms with van der Waals surface area (Å²) >= 11 is 6.14. The van der Waals surface area contributed by atoms with Crippen molar-refractivity contribution in [1.82, 2.24) is 16.0 Å². The van der Waals surface area contributed by atoms with Gasteiger partial charge >= 0.3 is 0 Å². The number of unbranched alkanes of at least 4 members (excludes halogenated alkanes) is 2. The summed E-state index contributed by atoms with van der Waals surface area (Å²) in [4.78, 5) is 43.8. The van der Waals surface area contributed by atoms with Crippen molar-refractivity contribution in [3.05, 3.63) is 254 Å². The molecular weight excluding hydrogens is 1690 g/mol. The summed E-state index contributed by atoms with van der Waals surface area (Å²) in [6.45, 7) is 18.5. The van der Waals surface area contributed by atoms with Crippen LogP contribution in [0.5, 0.6) is 46.0 Å². The first-order valence-corrected chi connectivity index (χ1v) is 47.9. The molecule has 0 bridgehead atoms. The molecule has 9 aromatic rings. The molecule has 9 aromatic carbocycles. The van der Waals surface area contributed by atoms with Crippen LogP contribution in [0.25, 0.3) is 0 Å². The van der Waals surface area contributed by atoms with Crippen molar-refractivity contribution in [3.63, 3.8) is 0 Å². The van der Waals surface area contributed by atoms with E-state index in [-0.39, 0.29) is 36.0 Å². The van der Waals surface area contributed by atoms with Gasteiger partial charge in [0.2, 0.25) is 17.7 Å². The number of para-hydroxylation sites is 3. The van der Waals surface area contributed by atoms with Crippen LogP contribution in [0.1, 0.15) is 169 Å². The number of carbonyl (C=O) groups excluding carboxylic acids is 3. The van der Waals surface area contributed by atoms with Gasteiger partial charge in [0.15, 0.2) is 23.0 Å². The molecule has 6 heterocycles. The van der Waals surface area contributed by atoms with E-state index in [1.165, 1.54) is 33.4 Å². The molecular formula is C108H137ClN6O17. The first-order valence-electron chi connectivity index (χ1n) is 47.5. The van der Waals surface area contributed by atoms with Gasteiger partial charge in [0.1, 0.15) is 23.0 Å². The molecule has 0 radical (unpaired) electrons. The van der Waals surface area contributed by atoms with Crippen LogP contribution in [0.2, 0.25) is 5.02 Å². The highest BCUT2D eigenvalue weighted by Gasteiger charge is 2.34. The van der Waals surface area contributed by atoms with Gasteiger partial charge < -0.3 is 97.0 Å². The Morgan fingerprint density at radius 2 is 0.659 bits per heavy atom. The van der Waals surface area contributed by atoms with E-state index in [1.54, 1.807) is 35.5 Å². The number of piperidine rings is 3. The van der Waals surface area contributed by atoms with Crippen LogP contribution in [0.4, 0.5) is 17.1 Å². The molecule has 3 amide bonds. The van der Waals surface area contributed by atoms with Gasteiger partial charge in [-0.05, 0) is 257 Å². The maximum Gasteiger partial charge on any atom is 0.227 e. The Labute approximate surface area is 786 Å². The van der Waals surface area contributed by atoms with Gasteiger partial charge in [-0.25, -0.2) is 0 Å². The van der Waals surface area contributed by atoms with Gasteiger partial charge in [-0.1, -0.05) is 121 Å². The third-order valence-corrected chi connectivity index (χ3v) is 25.7. The molecule has 0 saturated carbocycles. The summed E-state index contributed by atoms with van der Waals surface area (Å²) in [5.41, 5.74) is 16.0. The Balaban J connectivity index is 0.000000168. The van der Waals surface area contributed by atoms with Gasteiger partial charge in [-0.15, -0.1) is 0 Å². The summed E-state index contributed by atoms with van der Waals surface area (Å²) in [6.07, 6.45) is 14.1. The fourth-order valence-corrected chi connectivity index (χ4v) is 18.3. The van der Waals surface area contributed by atoms with Crippen molar-refractivity contribution in [2.75, 3.05) is 169 Å². The van der Waals surface area contributed by atoms with E-state index in [0.717, 1.165) is 220 Å². The smallest absolute Gasteiger partial charge is 0.227 e. The van der Waals surface area contributed by atoms with E-state index in [0.29, 0.717) is 141 Å². The van der Waals surface area contributed by atoms with E-state index in [4.69, 9.17) is 77.9 Å². The molecule has 3 N–H and O–H groups in total. The molecule has 3 fully saturated rings. The monoisotopic (exact) mass is 1820 g/mol. The zero-order chi connectivity index (χ0) is 92.0. The molecule has 0 aromatic heterocycles. The van der Waals surface area contributed by atoms with Crippen LogP contribution in [0.3, 0.4) is 0 Å². The maximum absolute atomic E-state index is 12.7. The quantitative estimate of drug-likeness (QED) is 0.0301. The molecule has 15 rings (SSSR count). The lowest BCUT2D eigenvalue weighted by Gasteiger charge is -2.33. The average Bonchev–Trinajstić information content (AvgIpc) is 0.841. The van der Waals surface area contributed by atoms with Crippen molar-refractivity contribution in [2.24, 2.45) is 0 Å². The minimum absolute atomic E-state index is 0.0570. The fraction of sp³-hybridized carbons (Fsp3) is 0.472. The maximum atomic E-state index is 12.7. The van der Waals surface area contributed by atoms with E-state index in [2.05, 4.69) is 143 Å². The predicted molar refractivity (Wildman–Crippen MR) is 520 cm³/mol. The molecule has 132 heavy (non-hydrogen) atoms. The topological polar surface area (TPSA) is 226 Å². The number of hydrogen-bond donors (Lipinski definition) is 3. The van der Waals surface area contributed by atoms with E-state index in [1.807, 2.05) is 89.2 Å².